The first kappa shape index (κ1) is 21.4. The molecule has 2 aromatic rings. The van der Waals surface area contributed by atoms with Crippen LogP contribution in [0, 0.1) is 0 Å². The van der Waals surface area contributed by atoms with E-state index in [9.17, 15) is 13.2 Å². The summed E-state index contributed by atoms with van der Waals surface area (Å²) >= 11 is 0. The van der Waals surface area contributed by atoms with Gasteiger partial charge in [-0.25, -0.2) is 12.7 Å². The van der Waals surface area contributed by atoms with Gasteiger partial charge in [0.15, 0.2) is 0 Å². The molecule has 2 N–H and O–H groups in total. The quantitative estimate of drug-likeness (QED) is 0.679. The predicted molar refractivity (Wildman–Crippen MR) is 110 cm³/mol. The average Bonchev–Trinajstić information content (AvgIpc) is 2.74. The normalized spacial score (nSPS) is 16.5. The first-order valence-electron chi connectivity index (χ1n) is 9.67. The molecule has 0 radical (unpaired) electrons. The van der Waals surface area contributed by atoms with Crippen molar-refractivity contribution in [1.29, 1.82) is 0 Å². The number of hydrogen-bond acceptors (Lipinski definition) is 4. The lowest BCUT2D eigenvalue weighted by atomic mass is 10.1. The minimum absolute atomic E-state index is 0.102. The topological polar surface area (TPSA) is 80.2 Å². The molecule has 0 aromatic heterocycles. The summed E-state index contributed by atoms with van der Waals surface area (Å²) < 4.78 is 31.4. The number of benzene rings is 2. The number of hydrogen-bond donors (Lipinski definition) is 2. The van der Waals surface area contributed by atoms with E-state index in [1.54, 1.807) is 12.1 Å². The standard InChI is InChI=1S/C21H27N3O4S/c1-23(2)29(26,27)19-10-6-9-18(15-19)21(25)22-20(17-7-4-3-5-8-17)16-24-11-13-28-14-12-24/h3-10,15,20H,11-14,16H2,1-2H3,(H,22,25)/p+1/t20-/m1/s1. The van der Waals surface area contributed by atoms with E-state index < -0.39 is 10.0 Å². The molecule has 1 heterocycles. The van der Waals surface area contributed by atoms with Crippen LogP contribution in [-0.2, 0) is 14.8 Å². The molecule has 1 aliphatic rings. The molecule has 7 nitrogen and oxygen atoms in total. The van der Waals surface area contributed by atoms with Crippen LogP contribution >= 0.6 is 0 Å². The molecule has 0 bridgehead atoms. The number of morpholine rings is 1. The predicted octanol–water partition coefficient (Wildman–Crippen LogP) is 0.323. The van der Waals surface area contributed by atoms with Crippen molar-refractivity contribution in [2.45, 2.75) is 10.9 Å². The van der Waals surface area contributed by atoms with Gasteiger partial charge in [-0.1, -0.05) is 36.4 Å². The zero-order valence-corrected chi connectivity index (χ0v) is 17.6. The van der Waals surface area contributed by atoms with Gasteiger partial charge in [0.1, 0.15) is 25.7 Å². The molecule has 29 heavy (non-hydrogen) atoms. The Hall–Kier alpha value is -2.26. The summed E-state index contributed by atoms with van der Waals surface area (Å²) in [5, 5.41) is 3.10. The van der Waals surface area contributed by atoms with E-state index in [4.69, 9.17) is 4.74 Å². The van der Waals surface area contributed by atoms with Crippen molar-refractivity contribution >= 4 is 15.9 Å². The number of quaternary nitrogens is 1. The number of carbonyl (C=O) groups is 1. The molecule has 0 aliphatic carbocycles. The Morgan fingerprint density at radius 2 is 1.79 bits per heavy atom. The zero-order valence-electron chi connectivity index (χ0n) is 16.8. The third-order valence-electron chi connectivity index (χ3n) is 5.07. The number of amides is 1. The molecular weight excluding hydrogens is 390 g/mol. The molecule has 1 saturated heterocycles. The third kappa shape index (κ3) is 5.42. The summed E-state index contributed by atoms with van der Waals surface area (Å²) in [5.74, 6) is -0.290. The van der Waals surface area contributed by atoms with Gasteiger partial charge in [0.05, 0.1) is 18.1 Å². The van der Waals surface area contributed by atoms with Crippen LogP contribution in [0.25, 0.3) is 0 Å². The van der Waals surface area contributed by atoms with E-state index in [1.807, 2.05) is 30.3 Å². The lowest BCUT2D eigenvalue weighted by Gasteiger charge is -2.28. The van der Waals surface area contributed by atoms with Crippen molar-refractivity contribution in [3.8, 4) is 0 Å². The number of sulfonamides is 1. The molecule has 1 aliphatic heterocycles. The Kier molecular flexibility index (Phi) is 7.02. The van der Waals surface area contributed by atoms with Crippen molar-refractivity contribution in [1.82, 2.24) is 9.62 Å². The summed E-state index contributed by atoms with van der Waals surface area (Å²) in [4.78, 5) is 14.4. The number of carbonyl (C=O) groups excluding carboxylic acids is 1. The van der Waals surface area contributed by atoms with Crippen LogP contribution in [0.15, 0.2) is 59.5 Å². The maximum absolute atomic E-state index is 13.0. The van der Waals surface area contributed by atoms with Gasteiger partial charge in [-0.3, -0.25) is 4.79 Å². The second kappa shape index (κ2) is 9.49. The third-order valence-corrected chi connectivity index (χ3v) is 6.89. The van der Waals surface area contributed by atoms with Gasteiger partial charge in [0.25, 0.3) is 5.91 Å². The summed E-state index contributed by atoms with van der Waals surface area (Å²) in [6, 6.07) is 15.8. The molecule has 1 amide bonds. The van der Waals surface area contributed by atoms with Crippen molar-refractivity contribution in [3.05, 3.63) is 65.7 Å². The van der Waals surface area contributed by atoms with Gasteiger partial charge in [-0.15, -0.1) is 0 Å². The minimum Gasteiger partial charge on any atom is -0.370 e. The fourth-order valence-corrected chi connectivity index (χ4v) is 4.29. The Morgan fingerprint density at radius 1 is 1.10 bits per heavy atom. The van der Waals surface area contributed by atoms with Gasteiger partial charge in [0.2, 0.25) is 10.0 Å². The number of ether oxygens (including phenoxy) is 1. The molecule has 8 heteroatoms. The number of nitrogens with zero attached hydrogens (tertiary/aromatic N) is 1. The molecular formula is C21H28N3O4S+. The van der Waals surface area contributed by atoms with E-state index in [1.165, 1.54) is 31.1 Å². The molecule has 0 spiro atoms. The van der Waals surface area contributed by atoms with Gasteiger partial charge in [0, 0.05) is 19.7 Å². The Balaban J connectivity index is 1.81. The fraction of sp³-hybridized carbons (Fsp3) is 0.381. The highest BCUT2D eigenvalue weighted by Gasteiger charge is 2.24. The van der Waals surface area contributed by atoms with E-state index in [0.29, 0.717) is 5.56 Å². The Morgan fingerprint density at radius 3 is 2.45 bits per heavy atom. The van der Waals surface area contributed by atoms with E-state index in [2.05, 4.69) is 5.32 Å². The maximum Gasteiger partial charge on any atom is 0.252 e. The summed E-state index contributed by atoms with van der Waals surface area (Å²) in [6.07, 6.45) is 0. The summed E-state index contributed by atoms with van der Waals surface area (Å²) in [5.41, 5.74) is 1.35. The average molecular weight is 419 g/mol. The lowest BCUT2D eigenvalue weighted by molar-refractivity contribution is -0.909. The molecule has 0 unspecified atom stereocenters. The highest BCUT2D eigenvalue weighted by molar-refractivity contribution is 7.89. The highest BCUT2D eigenvalue weighted by atomic mass is 32.2. The highest BCUT2D eigenvalue weighted by Crippen LogP contribution is 2.17. The van der Waals surface area contributed by atoms with Crippen molar-refractivity contribution in [2.75, 3.05) is 46.9 Å². The number of rotatable bonds is 7. The van der Waals surface area contributed by atoms with Crippen LogP contribution in [-0.4, -0.2) is 65.6 Å². The summed E-state index contributed by atoms with van der Waals surface area (Å²) in [6.45, 7) is 3.98. The molecule has 3 rings (SSSR count). The van der Waals surface area contributed by atoms with Crippen LogP contribution in [0.4, 0.5) is 0 Å². The fourth-order valence-electron chi connectivity index (χ4n) is 3.34. The zero-order chi connectivity index (χ0) is 20.9. The minimum atomic E-state index is -3.60. The van der Waals surface area contributed by atoms with Gasteiger partial charge in [-0.2, -0.15) is 0 Å². The van der Waals surface area contributed by atoms with E-state index in [0.717, 1.165) is 42.7 Å². The SMILES string of the molecule is CN(C)S(=O)(=O)c1cccc(C(=O)N[C@H](C[NH+]2CCOCC2)c2ccccc2)c1. The molecule has 0 saturated carbocycles. The smallest absolute Gasteiger partial charge is 0.252 e. The lowest BCUT2D eigenvalue weighted by Crippen LogP contribution is -3.14. The van der Waals surface area contributed by atoms with Crippen LogP contribution in [0.1, 0.15) is 22.0 Å². The molecule has 1 fully saturated rings. The van der Waals surface area contributed by atoms with Gasteiger partial charge >= 0.3 is 0 Å². The first-order valence-corrected chi connectivity index (χ1v) is 11.1. The largest absolute Gasteiger partial charge is 0.370 e. The molecule has 156 valence electrons. The maximum atomic E-state index is 13.0. The Labute approximate surface area is 172 Å². The summed E-state index contributed by atoms with van der Waals surface area (Å²) in [7, 11) is -0.659. The van der Waals surface area contributed by atoms with Crippen LogP contribution in [0.2, 0.25) is 0 Å². The second-order valence-electron chi connectivity index (χ2n) is 7.32. The Bertz CT molecular complexity index is 926. The van der Waals surface area contributed by atoms with Crippen molar-refractivity contribution in [3.63, 3.8) is 0 Å². The first-order chi connectivity index (χ1) is 13.9. The number of nitrogens with one attached hydrogen (secondary N) is 2. The van der Waals surface area contributed by atoms with E-state index in [-0.39, 0.29) is 16.8 Å². The van der Waals surface area contributed by atoms with Crippen LogP contribution in [0.5, 0.6) is 0 Å². The molecule has 1 atom stereocenters. The van der Waals surface area contributed by atoms with Crippen molar-refractivity contribution in [2.24, 2.45) is 0 Å². The van der Waals surface area contributed by atoms with Crippen molar-refractivity contribution < 1.29 is 22.8 Å². The second-order valence-corrected chi connectivity index (χ2v) is 9.47. The van der Waals surface area contributed by atoms with E-state index >= 15 is 0 Å². The van der Waals surface area contributed by atoms with Gasteiger partial charge < -0.3 is 15.0 Å². The van der Waals surface area contributed by atoms with Crippen LogP contribution < -0.4 is 10.2 Å². The molecule has 2 aromatic carbocycles. The monoisotopic (exact) mass is 418 g/mol. The van der Waals surface area contributed by atoms with Crippen LogP contribution in [0.3, 0.4) is 0 Å². The van der Waals surface area contributed by atoms with Gasteiger partial charge in [-0.05, 0) is 23.8 Å².